The minimum absolute atomic E-state index is 0.0335. The van der Waals surface area contributed by atoms with Crippen LogP contribution in [0.4, 0.5) is 5.69 Å². The minimum Gasteiger partial charge on any atom is -0.382 e. The van der Waals surface area contributed by atoms with E-state index in [0.717, 1.165) is 38.0 Å². The molecule has 7 heteroatoms. The summed E-state index contributed by atoms with van der Waals surface area (Å²) in [4.78, 5) is 16.8. The average molecular weight is 411 g/mol. The highest BCUT2D eigenvalue weighted by Crippen LogP contribution is 2.32. The van der Waals surface area contributed by atoms with Crippen molar-refractivity contribution in [2.45, 2.75) is 66.5 Å². The van der Waals surface area contributed by atoms with Gasteiger partial charge < -0.3 is 14.0 Å². The van der Waals surface area contributed by atoms with Crippen LogP contribution in [-0.2, 0) is 21.5 Å². The smallest absolute Gasteiger partial charge is 0.308 e. The molecule has 0 atom stereocenters. The Bertz CT molecular complexity index is 769. The first-order valence-electron chi connectivity index (χ1n) is 10.3. The van der Waals surface area contributed by atoms with Gasteiger partial charge in [-0.25, -0.2) is 0 Å². The molecule has 1 aliphatic carbocycles. The van der Waals surface area contributed by atoms with Gasteiger partial charge in [0.05, 0.1) is 5.75 Å². The number of carbonyl (C=O) groups excluding carboxylic acids is 1. The van der Waals surface area contributed by atoms with Gasteiger partial charge in [0, 0.05) is 48.9 Å². The van der Waals surface area contributed by atoms with Crippen LogP contribution in [0.1, 0.15) is 59.4 Å². The lowest BCUT2D eigenvalue weighted by Crippen LogP contribution is -2.42. The second kappa shape index (κ2) is 9.63. The molecule has 0 aromatic heterocycles. The fraction of sp³-hybridized carbons (Fsp3) is 0.667. The van der Waals surface area contributed by atoms with Crippen LogP contribution in [0.2, 0.25) is 0 Å². The Hall–Kier alpha value is -1.76. The van der Waals surface area contributed by atoms with Gasteiger partial charge in [0.2, 0.25) is 5.91 Å². The van der Waals surface area contributed by atoms with Crippen LogP contribution in [-0.4, -0.2) is 44.1 Å². The average Bonchev–Trinajstić information content (AvgIpc) is 2.59. The number of amides is 1. The van der Waals surface area contributed by atoms with Crippen molar-refractivity contribution >= 4 is 21.7 Å². The largest absolute Gasteiger partial charge is 0.382 e. The molecule has 2 rings (SSSR count). The molecule has 1 aromatic carbocycles. The number of hydrogen-bond acceptors (Lipinski definition) is 5. The summed E-state index contributed by atoms with van der Waals surface area (Å²) < 4.78 is 29.7. The molecule has 28 heavy (non-hydrogen) atoms. The van der Waals surface area contributed by atoms with E-state index in [1.165, 1.54) is 0 Å². The summed E-state index contributed by atoms with van der Waals surface area (Å²) in [6.07, 6.45) is 2.98. The highest BCUT2D eigenvalue weighted by atomic mass is 32.2. The lowest BCUT2D eigenvalue weighted by Gasteiger charge is -2.34. The van der Waals surface area contributed by atoms with Crippen molar-refractivity contribution in [3.05, 3.63) is 23.8 Å². The van der Waals surface area contributed by atoms with Crippen LogP contribution in [0, 0.1) is 5.92 Å². The molecular formula is C21H34N2O4S. The van der Waals surface area contributed by atoms with Gasteiger partial charge in [0.15, 0.2) is 0 Å². The van der Waals surface area contributed by atoms with Crippen molar-refractivity contribution in [3.8, 4) is 5.75 Å². The summed E-state index contributed by atoms with van der Waals surface area (Å²) in [5.74, 6) is 0.467. The summed E-state index contributed by atoms with van der Waals surface area (Å²) in [6, 6.07) is 5.67. The number of nitrogens with zero attached hydrogens (tertiary/aromatic N) is 2. The lowest BCUT2D eigenvalue weighted by molar-refractivity contribution is -0.140. The second-order valence-electron chi connectivity index (χ2n) is 7.58. The van der Waals surface area contributed by atoms with Crippen molar-refractivity contribution in [1.82, 2.24) is 4.90 Å². The molecule has 1 aromatic rings. The molecule has 0 bridgehead atoms. The zero-order chi connectivity index (χ0) is 20.9. The number of carbonyl (C=O) groups is 1. The van der Waals surface area contributed by atoms with Crippen molar-refractivity contribution in [2.24, 2.45) is 5.92 Å². The SMILES string of the molecule is CCN(CC)c1ccc(CN(C(=O)C2CCC2)C(C)C)c(OS(=O)(=O)CC)c1. The highest BCUT2D eigenvalue weighted by molar-refractivity contribution is 7.87. The molecule has 6 nitrogen and oxygen atoms in total. The third kappa shape index (κ3) is 5.40. The Morgan fingerprint density at radius 3 is 2.29 bits per heavy atom. The zero-order valence-electron chi connectivity index (χ0n) is 17.8. The number of anilines is 1. The molecule has 0 N–H and O–H groups in total. The van der Waals surface area contributed by atoms with Gasteiger partial charge in [0.25, 0.3) is 0 Å². The summed E-state index contributed by atoms with van der Waals surface area (Å²) in [5.41, 5.74) is 1.63. The maximum Gasteiger partial charge on any atom is 0.308 e. The Labute approximate surface area is 170 Å². The van der Waals surface area contributed by atoms with Crippen molar-refractivity contribution < 1.29 is 17.4 Å². The van der Waals surface area contributed by atoms with Gasteiger partial charge in [-0.15, -0.1) is 0 Å². The first kappa shape index (κ1) is 22.5. The summed E-state index contributed by atoms with van der Waals surface area (Å²) >= 11 is 0. The second-order valence-corrected chi connectivity index (χ2v) is 9.44. The van der Waals surface area contributed by atoms with Crippen molar-refractivity contribution in [1.29, 1.82) is 0 Å². The van der Waals surface area contributed by atoms with Gasteiger partial charge in [0.1, 0.15) is 5.75 Å². The summed E-state index contributed by atoms with van der Waals surface area (Å²) in [7, 11) is -3.66. The first-order valence-corrected chi connectivity index (χ1v) is 11.9. The maximum atomic E-state index is 12.9. The zero-order valence-corrected chi connectivity index (χ0v) is 18.6. The van der Waals surface area contributed by atoms with Crippen LogP contribution in [0.3, 0.4) is 0 Å². The maximum absolute atomic E-state index is 12.9. The molecule has 1 saturated carbocycles. The lowest BCUT2D eigenvalue weighted by atomic mass is 9.84. The standard InChI is InChI=1S/C21H34N2O4S/c1-6-22(7-2)19-13-12-18(20(14-19)27-28(25,26)8-3)15-23(16(4)5)21(24)17-10-9-11-17/h12-14,16-17H,6-11,15H2,1-5H3. The van der Waals surface area contributed by atoms with Crippen LogP contribution in [0.5, 0.6) is 5.75 Å². The molecule has 0 saturated heterocycles. The van der Waals surface area contributed by atoms with E-state index in [1.54, 1.807) is 13.0 Å². The van der Waals surface area contributed by atoms with Crippen LogP contribution in [0.15, 0.2) is 18.2 Å². The van der Waals surface area contributed by atoms with Gasteiger partial charge in [-0.2, -0.15) is 8.42 Å². The Balaban J connectivity index is 2.38. The Morgan fingerprint density at radius 1 is 1.18 bits per heavy atom. The van der Waals surface area contributed by atoms with E-state index in [9.17, 15) is 13.2 Å². The van der Waals surface area contributed by atoms with E-state index in [2.05, 4.69) is 18.7 Å². The molecule has 1 fully saturated rings. The third-order valence-electron chi connectivity index (χ3n) is 5.45. The summed E-state index contributed by atoms with van der Waals surface area (Å²) in [5, 5.41) is 0. The van der Waals surface area contributed by atoms with E-state index in [1.807, 2.05) is 30.9 Å². The quantitative estimate of drug-likeness (QED) is 0.549. The predicted molar refractivity (Wildman–Crippen MR) is 113 cm³/mol. The summed E-state index contributed by atoms with van der Waals surface area (Å²) in [6.45, 7) is 11.6. The molecule has 1 aliphatic rings. The van der Waals surface area contributed by atoms with Gasteiger partial charge in [-0.05, 0) is 53.5 Å². The van der Waals surface area contributed by atoms with E-state index in [4.69, 9.17) is 4.18 Å². The predicted octanol–water partition coefficient (Wildman–Crippen LogP) is 3.80. The highest BCUT2D eigenvalue weighted by Gasteiger charge is 2.31. The molecule has 1 amide bonds. The van der Waals surface area contributed by atoms with Crippen molar-refractivity contribution in [2.75, 3.05) is 23.7 Å². The van der Waals surface area contributed by atoms with Crippen molar-refractivity contribution in [3.63, 3.8) is 0 Å². The van der Waals surface area contributed by atoms with E-state index >= 15 is 0 Å². The molecule has 158 valence electrons. The topological polar surface area (TPSA) is 66.9 Å². The number of rotatable bonds is 10. The molecule has 0 heterocycles. The normalized spacial score (nSPS) is 14.6. The van der Waals surface area contributed by atoms with Gasteiger partial charge in [-0.3, -0.25) is 4.79 Å². The van der Waals surface area contributed by atoms with E-state index < -0.39 is 10.1 Å². The third-order valence-corrected chi connectivity index (χ3v) is 6.59. The van der Waals surface area contributed by atoms with Crippen LogP contribution in [0.25, 0.3) is 0 Å². The molecule has 0 unspecified atom stereocenters. The van der Waals surface area contributed by atoms with E-state index in [0.29, 0.717) is 17.9 Å². The molecular weight excluding hydrogens is 376 g/mol. The fourth-order valence-electron chi connectivity index (χ4n) is 3.32. The Morgan fingerprint density at radius 2 is 1.82 bits per heavy atom. The van der Waals surface area contributed by atoms with Gasteiger partial charge >= 0.3 is 10.1 Å². The monoisotopic (exact) mass is 410 g/mol. The fourth-order valence-corrected chi connectivity index (χ4v) is 3.87. The number of benzene rings is 1. The Kier molecular flexibility index (Phi) is 7.75. The van der Waals surface area contributed by atoms with Gasteiger partial charge in [-0.1, -0.05) is 12.5 Å². The van der Waals surface area contributed by atoms with Crippen LogP contribution >= 0.6 is 0 Å². The molecule has 0 aliphatic heterocycles. The first-order chi connectivity index (χ1) is 13.2. The molecule has 0 spiro atoms. The minimum atomic E-state index is -3.66. The molecule has 0 radical (unpaired) electrons. The number of hydrogen-bond donors (Lipinski definition) is 0. The van der Waals surface area contributed by atoms with E-state index in [-0.39, 0.29) is 23.6 Å². The van der Waals surface area contributed by atoms with Crippen LogP contribution < -0.4 is 9.08 Å².